The minimum absolute atomic E-state index is 0.0261. The first-order chi connectivity index (χ1) is 10.1. The number of ketones is 1. The van der Waals surface area contributed by atoms with Gasteiger partial charge in [-0.2, -0.15) is 0 Å². The molecule has 6 nitrogen and oxygen atoms in total. The molecule has 1 heterocycles. The molecule has 0 saturated heterocycles. The summed E-state index contributed by atoms with van der Waals surface area (Å²) in [6, 6.07) is 7.01. The number of Topliss-reactive ketones (excluding diaryl/α,β-unsaturated/α-hetero) is 1. The van der Waals surface area contributed by atoms with E-state index < -0.39 is 5.97 Å². The van der Waals surface area contributed by atoms with Crippen LogP contribution in [-0.2, 0) is 4.79 Å². The van der Waals surface area contributed by atoms with Gasteiger partial charge >= 0.3 is 5.97 Å². The molecule has 0 spiro atoms. The maximum atomic E-state index is 11.3. The van der Waals surface area contributed by atoms with Crippen molar-refractivity contribution < 1.29 is 14.7 Å². The summed E-state index contributed by atoms with van der Waals surface area (Å²) in [6.07, 6.45) is 0. The van der Waals surface area contributed by atoms with Crippen LogP contribution in [0, 0.1) is 0 Å². The number of hydrogen-bond acceptors (Lipinski definition) is 5. The van der Waals surface area contributed by atoms with E-state index in [-0.39, 0.29) is 11.5 Å². The number of hydrogen-bond donors (Lipinski definition) is 2. The maximum Gasteiger partial charge on any atom is 0.313 e. The van der Waals surface area contributed by atoms with Gasteiger partial charge in [-0.05, 0) is 13.0 Å². The first-order valence-corrected chi connectivity index (χ1v) is 7.43. The van der Waals surface area contributed by atoms with Gasteiger partial charge in [0.1, 0.15) is 0 Å². The first kappa shape index (κ1) is 16.9. The molecule has 0 aliphatic heterocycles. The lowest BCUT2D eigenvalue weighted by Crippen LogP contribution is -1.97. The molecule has 0 aliphatic rings. The van der Waals surface area contributed by atoms with Crippen LogP contribution in [0.25, 0.3) is 11.4 Å². The van der Waals surface area contributed by atoms with Crippen molar-refractivity contribution >= 4 is 23.5 Å². The fraction of sp³-hybridized carbons (Fsp3) is 0.286. The molecule has 0 atom stereocenters. The predicted octanol–water partition coefficient (Wildman–Crippen LogP) is 2.88. The van der Waals surface area contributed by atoms with Crippen molar-refractivity contribution in [3.63, 3.8) is 0 Å². The summed E-state index contributed by atoms with van der Waals surface area (Å²) in [4.78, 5) is 25.9. The van der Waals surface area contributed by atoms with Crippen molar-refractivity contribution in [2.45, 2.75) is 25.9 Å². The lowest BCUT2D eigenvalue weighted by atomic mass is 10.1. The van der Waals surface area contributed by atoms with E-state index in [9.17, 15) is 9.59 Å². The van der Waals surface area contributed by atoms with Crippen LogP contribution in [0.5, 0.6) is 0 Å². The third-order valence-corrected chi connectivity index (χ3v) is 3.16. The lowest BCUT2D eigenvalue weighted by molar-refractivity contribution is -0.133. The van der Waals surface area contributed by atoms with Crippen LogP contribution in [0.2, 0.25) is 0 Å². The number of carboxylic acids is 1. The highest BCUT2D eigenvalue weighted by Crippen LogP contribution is 2.20. The minimum atomic E-state index is -0.921. The molecule has 0 amide bonds. The van der Waals surface area contributed by atoms with Crippen LogP contribution in [0.3, 0.4) is 0 Å². The van der Waals surface area contributed by atoms with Crippen LogP contribution in [0.4, 0.5) is 0 Å². The number of thioether (sulfide) groups is 1. The first-order valence-electron chi connectivity index (χ1n) is 6.44. The Labute approximate surface area is 127 Å². The number of rotatable bonds is 5. The standard InChI is InChI=1S/C12H11N3O3S.C2H6/c1-7(16)8-3-2-4-9(5-8)11-13-12(15-14-11)19-6-10(17)18;1-2/h2-5H,6H2,1H3,(H,17,18)(H,13,14,15);1-2H3. The van der Waals surface area contributed by atoms with E-state index in [0.29, 0.717) is 16.5 Å². The number of nitrogens with one attached hydrogen (secondary N) is 1. The van der Waals surface area contributed by atoms with Gasteiger partial charge in [-0.15, -0.1) is 5.10 Å². The molecule has 1 aromatic heterocycles. The van der Waals surface area contributed by atoms with Gasteiger partial charge in [0, 0.05) is 11.1 Å². The van der Waals surface area contributed by atoms with E-state index >= 15 is 0 Å². The molecule has 0 radical (unpaired) electrons. The normalized spacial score (nSPS) is 9.67. The minimum Gasteiger partial charge on any atom is -0.481 e. The molecule has 7 heteroatoms. The summed E-state index contributed by atoms with van der Waals surface area (Å²) >= 11 is 1.03. The van der Waals surface area contributed by atoms with Crippen LogP contribution in [0.1, 0.15) is 31.1 Å². The van der Waals surface area contributed by atoms with E-state index in [2.05, 4.69) is 15.2 Å². The van der Waals surface area contributed by atoms with Crippen molar-refractivity contribution in [2.75, 3.05) is 5.75 Å². The number of aliphatic carboxylic acids is 1. The Hall–Kier alpha value is -2.15. The number of aromatic amines is 1. The zero-order valence-corrected chi connectivity index (χ0v) is 12.9. The summed E-state index contributed by atoms with van der Waals surface area (Å²) < 4.78 is 0. The number of aromatic nitrogens is 3. The molecule has 2 rings (SSSR count). The van der Waals surface area contributed by atoms with Gasteiger partial charge in [0.15, 0.2) is 11.6 Å². The molecule has 0 bridgehead atoms. The molecule has 0 unspecified atom stereocenters. The van der Waals surface area contributed by atoms with E-state index in [1.54, 1.807) is 24.3 Å². The third-order valence-electron chi connectivity index (χ3n) is 2.33. The van der Waals surface area contributed by atoms with Crippen molar-refractivity contribution in [3.05, 3.63) is 29.8 Å². The highest BCUT2D eigenvalue weighted by atomic mass is 32.2. The summed E-state index contributed by atoms with van der Waals surface area (Å²) in [5, 5.41) is 15.6. The molecule has 2 aromatic rings. The smallest absolute Gasteiger partial charge is 0.313 e. The van der Waals surface area contributed by atoms with Gasteiger partial charge in [0.25, 0.3) is 0 Å². The van der Waals surface area contributed by atoms with Crippen molar-refractivity contribution in [2.24, 2.45) is 0 Å². The molecule has 0 aliphatic carbocycles. The second-order valence-electron chi connectivity index (χ2n) is 3.79. The van der Waals surface area contributed by atoms with Gasteiger partial charge < -0.3 is 5.11 Å². The van der Waals surface area contributed by atoms with Crippen LogP contribution in [0.15, 0.2) is 29.4 Å². The monoisotopic (exact) mass is 307 g/mol. The number of nitrogens with zero attached hydrogens (tertiary/aromatic N) is 2. The van der Waals surface area contributed by atoms with E-state index in [4.69, 9.17) is 5.11 Å². The fourth-order valence-electron chi connectivity index (χ4n) is 1.45. The summed E-state index contributed by atoms with van der Waals surface area (Å²) in [6.45, 7) is 5.49. The van der Waals surface area contributed by atoms with Crippen molar-refractivity contribution in [1.29, 1.82) is 0 Å². The SMILES string of the molecule is CC.CC(=O)c1cccc(-c2nc(SCC(=O)O)n[nH]2)c1. The van der Waals surface area contributed by atoms with Gasteiger partial charge in [-0.3, -0.25) is 14.7 Å². The number of carbonyl (C=O) groups is 2. The van der Waals surface area contributed by atoms with Gasteiger partial charge in [0.05, 0.1) is 5.75 Å². The number of benzene rings is 1. The lowest BCUT2D eigenvalue weighted by Gasteiger charge is -1.98. The molecule has 112 valence electrons. The van der Waals surface area contributed by atoms with E-state index in [1.165, 1.54) is 6.92 Å². The van der Waals surface area contributed by atoms with Crippen LogP contribution >= 0.6 is 11.8 Å². The van der Waals surface area contributed by atoms with Gasteiger partial charge in [-0.1, -0.05) is 43.8 Å². The van der Waals surface area contributed by atoms with Gasteiger partial charge in [-0.25, -0.2) is 4.98 Å². The fourth-order valence-corrected chi connectivity index (χ4v) is 1.97. The largest absolute Gasteiger partial charge is 0.481 e. The maximum absolute atomic E-state index is 11.3. The quantitative estimate of drug-likeness (QED) is 0.651. The highest BCUT2D eigenvalue weighted by Gasteiger charge is 2.09. The zero-order chi connectivity index (χ0) is 15.8. The Bertz CT molecular complexity index is 625. The van der Waals surface area contributed by atoms with Crippen molar-refractivity contribution in [3.8, 4) is 11.4 Å². The molecular weight excluding hydrogens is 290 g/mol. The highest BCUT2D eigenvalue weighted by molar-refractivity contribution is 7.99. The predicted molar refractivity (Wildman–Crippen MR) is 81.5 cm³/mol. The Morgan fingerprint density at radius 3 is 2.67 bits per heavy atom. The molecular formula is C14H17N3O3S. The molecule has 0 saturated carbocycles. The number of carboxylic acid groups (broad SMARTS) is 1. The summed E-state index contributed by atoms with van der Waals surface area (Å²) in [5.74, 6) is -0.530. The zero-order valence-electron chi connectivity index (χ0n) is 12.1. The second-order valence-corrected chi connectivity index (χ2v) is 4.73. The van der Waals surface area contributed by atoms with E-state index in [1.807, 2.05) is 13.8 Å². The second kappa shape index (κ2) is 8.21. The number of carbonyl (C=O) groups excluding carboxylic acids is 1. The molecule has 2 N–H and O–H groups in total. The Morgan fingerprint density at radius 1 is 1.33 bits per heavy atom. The molecule has 21 heavy (non-hydrogen) atoms. The Morgan fingerprint density at radius 2 is 2.05 bits per heavy atom. The average Bonchev–Trinajstić information content (AvgIpc) is 2.96. The van der Waals surface area contributed by atoms with Crippen molar-refractivity contribution in [1.82, 2.24) is 15.2 Å². The molecule has 0 fully saturated rings. The Kier molecular flexibility index (Phi) is 6.61. The topological polar surface area (TPSA) is 95.9 Å². The number of H-pyrrole nitrogens is 1. The van der Waals surface area contributed by atoms with Crippen LogP contribution < -0.4 is 0 Å². The summed E-state index contributed by atoms with van der Waals surface area (Å²) in [5.41, 5.74) is 1.33. The Balaban J connectivity index is 0.00000106. The summed E-state index contributed by atoms with van der Waals surface area (Å²) in [7, 11) is 0. The third kappa shape index (κ3) is 5.03. The van der Waals surface area contributed by atoms with Gasteiger partial charge in [0.2, 0.25) is 5.16 Å². The van der Waals surface area contributed by atoms with E-state index in [0.717, 1.165) is 17.3 Å². The van der Waals surface area contributed by atoms with Crippen LogP contribution in [-0.4, -0.2) is 37.8 Å². The average molecular weight is 307 g/mol. The molecule has 1 aromatic carbocycles.